The summed E-state index contributed by atoms with van der Waals surface area (Å²) < 4.78 is 11.7. The maximum Gasteiger partial charge on any atom is 0.161 e. The Morgan fingerprint density at radius 2 is 1.62 bits per heavy atom. The highest BCUT2D eigenvalue weighted by Gasteiger charge is 2.47. The number of hydrogen-bond donors (Lipinski definition) is 1. The van der Waals surface area contributed by atoms with Gasteiger partial charge in [0.1, 0.15) is 6.61 Å². The zero-order valence-corrected chi connectivity index (χ0v) is 17.7. The number of benzene rings is 2. The molecule has 0 saturated heterocycles. The van der Waals surface area contributed by atoms with Gasteiger partial charge in [-0.1, -0.05) is 35.9 Å². The maximum atomic E-state index is 6.05. The number of hydrogen-bond acceptors (Lipinski definition) is 3. The Morgan fingerprint density at radius 3 is 2.31 bits per heavy atom. The molecule has 0 spiro atoms. The zero-order valence-electron chi connectivity index (χ0n) is 17.7. The third-order valence-electron chi connectivity index (χ3n) is 7.47. The van der Waals surface area contributed by atoms with Crippen molar-refractivity contribution in [3.63, 3.8) is 0 Å². The lowest BCUT2D eigenvalue weighted by atomic mass is 9.54. The second-order valence-electron chi connectivity index (χ2n) is 9.60. The second-order valence-corrected chi connectivity index (χ2v) is 9.60. The first-order valence-electron chi connectivity index (χ1n) is 11.3. The lowest BCUT2D eigenvalue weighted by molar-refractivity contribution is -0.0142. The van der Waals surface area contributed by atoms with Crippen molar-refractivity contribution < 1.29 is 9.47 Å². The highest BCUT2D eigenvalue weighted by molar-refractivity contribution is 5.43. The van der Waals surface area contributed by atoms with Gasteiger partial charge in [0.25, 0.3) is 0 Å². The Bertz CT molecular complexity index is 834. The summed E-state index contributed by atoms with van der Waals surface area (Å²) in [6.07, 6.45) is 7.35. The highest BCUT2D eigenvalue weighted by atomic mass is 16.5. The largest absolute Gasteiger partial charge is 0.493 e. The second kappa shape index (κ2) is 8.02. The molecule has 4 bridgehead atoms. The van der Waals surface area contributed by atoms with Gasteiger partial charge in [-0.05, 0) is 86.0 Å². The Balaban J connectivity index is 1.21. The van der Waals surface area contributed by atoms with Crippen LogP contribution in [-0.2, 0) is 13.2 Å². The average molecular weight is 392 g/mol. The Kier molecular flexibility index (Phi) is 5.26. The molecule has 0 heterocycles. The average Bonchev–Trinajstić information content (AvgIpc) is 2.71. The molecule has 6 rings (SSSR count). The van der Waals surface area contributed by atoms with E-state index in [1.54, 1.807) is 7.11 Å². The van der Waals surface area contributed by atoms with E-state index in [0.29, 0.717) is 12.6 Å². The van der Waals surface area contributed by atoms with Gasteiger partial charge in [0, 0.05) is 12.6 Å². The first-order chi connectivity index (χ1) is 14.2. The molecular weight excluding hydrogens is 358 g/mol. The summed E-state index contributed by atoms with van der Waals surface area (Å²) in [5.74, 6) is 5.51. The van der Waals surface area contributed by atoms with Gasteiger partial charge in [0.15, 0.2) is 11.5 Å². The van der Waals surface area contributed by atoms with Gasteiger partial charge < -0.3 is 14.8 Å². The summed E-state index contributed by atoms with van der Waals surface area (Å²) in [6, 6.07) is 15.5. The topological polar surface area (TPSA) is 30.5 Å². The zero-order chi connectivity index (χ0) is 19.8. The van der Waals surface area contributed by atoms with E-state index in [1.165, 1.54) is 48.8 Å². The summed E-state index contributed by atoms with van der Waals surface area (Å²) in [6.45, 7) is 3.58. The van der Waals surface area contributed by atoms with Crippen LogP contribution in [0.4, 0.5) is 0 Å². The summed E-state index contributed by atoms with van der Waals surface area (Å²) in [5, 5.41) is 3.92. The van der Waals surface area contributed by atoms with Crippen LogP contribution in [0.25, 0.3) is 0 Å². The summed E-state index contributed by atoms with van der Waals surface area (Å²) >= 11 is 0. The lowest BCUT2D eigenvalue weighted by Gasteiger charge is -2.54. The molecule has 4 saturated carbocycles. The van der Waals surface area contributed by atoms with E-state index in [-0.39, 0.29) is 0 Å². The molecule has 4 aliphatic rings. The highest BCUT2D eigenvalue weighted by Crippen LogP contribution is 2.53. The Morgan fingerprint density at radius 1 is 0.862 bits per heavy atom. The van der Waals surface area contributed by atoms with Crippen molar-refractivity contribution in [2.45, 2.75) is 58.2 Å². The predicted octanol–water partition coefficient (Wildman–Crippen LogP) is 5.50. The smallest absolute Gasteiger partial charge is 0.161 e. The van der Waals surface area contributed by atoms with Crippen LogP contribution in [0.1, 0.15) is 48.8 Å². The minimum absolute atomic E-state index is 0.559. The minimum atomic E-state index is 0.559. The lowest BCUT2D eigenvalue weighted by Crippen LogP contribution is -2.54. The summed E-state index contributed by atoms with van der Waals surface area (Å²) in [7, 11) is 1.73. The first-order valence-corrected chi connectivity index (χ1v) is 11.3. The number of aryl methyl sites for hydroxylation is 1. The third kappa shape index (κ3) is 4.02. The third-order valence-corrected chi connectivity index (χ3v) is 7.47. The van der Waals surface area contributed by atoms with E-state index >= 15 is 0 Å². The minimum Gasteiger partial charge on any atom is -0.493 e. The van der Waals surface area contributed by atoms with Crippen molar-refractivity contribution in [2.75, 3.05) is 7.11 Å². The van der Waals surface area contributed by atoms with Crippen LogP contribution in [0.2, 0.25) is 0 Å². The van der Waals surface area contributed by atoms with E-state index in [1.807, 2.05) is 0 Å². The van der Waals surface area contributed by atoms with Crippen molar-refractivity contribution in [1.29, 1.82) is 0 Å². The molecule has 3 nitrogen and oxygen atoms in total. The van der Waals surface area contributed by atoms with Gasteiger partial charge in [-0.15, -0.1) is 0 Å². The van der Waals surface area contributed by atoms with Crippen molar-refractivity contribution in [1.82, 2.24) is 5.32 Å². The molecule has 0 amide bonds. The molecule has 4 fully saturated rings. The number of methoxy groups -OCH3 is 1. The fraction of sp³-hybridized carbons (Fsp3) is 0.538. The van der Waals surface area contributed by atoms with E-state index in [4.69, 9.17) is 9.47 Å². The van der Waals surface area contributed by atoms with Gasteiger partial charge >= 0.3 is 0 Å². The molecule has 2 aromatic carbocycles. The van der Waals surface area contributed by atoms with E-state index in [2.05, 4.69) is 54.7 Å². The molecule has 0 radical (unpaired) electrons. The van der Waals surface area contributed by atoms with Gasteiger partial charge in [0.2, 0.25) is 0 Å². The van der Waals surface area contributed by atoms with Gasteiger partial charge in [-0.2, -0.15) is 0 Å². The predicted molar refractivity (Wildman–Crippen MR) is 116 cm³/mol. The van der Waals surface area contributed by atoms with Crippen LogP contribution in [-0.4, -0.2) is 13.2 Å². The number of nitrogens with one attached hydrogen (secondary N) is 1. The van der Waals surface area contributed by atoms with Crippen molar-refractivity contribution >= 4 is 0 Å². The summed E-state index contributed by atoms with van der Waals surface area (Å²) in [4.78, 5) is 0. The van der Waals surface area contributed by atoms with Crippen molar-refractivity contribution in [2.24, 2.45) is 23.7 Å². The quantitative estimate of drug-likeness (QED) is 0.676. The molecule has 4 aliphatic carbocycles. The molecule has 0 aliphatic heterocycles. The molecule has 1 N–H and O–H groups in total. The van der Waals surface area contributed by atoms with Gasteiger partial charge in [-0.25, -0.2) is 0 Å². The monoisotopic (exact) mass is 391 g/mol. The standard InChI is InChI=1S/C26H33NO2/c1-17-4-3-5-19(8-17)16-29-24-7-6-18(14-25(24)28-2)15-27-26-22-10-20-9-21(12-22)13-23(26)11-20/h3-8,14,20-23,26-27H,9-13,15-16H2,1-2H3. The van der Waals surface area contributed by atoms with Crippen molar-refractivity contribution in [3.8, 4) is 11.5 Å². The maximum absolute atomic E-state index is 6.05. The van der Waals surface area contributed by atoms with Crippen LogP contribution >= 0.6 is 0 Å². The molecular formula is C26H33NO2. The van der Waals surface area contributed by atoms with Crippen LogP contribution in [0.5, 0.6) is 11.5 Å². The fourth-order valence-electron chi connectivity index (χ4n) is 6.40. The molecule has 3 heteroatoms. The number of ether oxygens (including phenoxy) is 2. The van der Waals surface area contributed by atoms with Gasteiger partial charge in [-0.3, -0.25) is 0 Å². The molecule has 0 aromatic heterocycles. The van der Waals surface area contributed by atoms with Crippen LogP contribution in [0.15, 0.2) is 42.5 Å². The number of rotatable bonds is 7. The molecule has 154 valence electrons. The molecule has 29 heavy (non-hydrogen) atoms. The van der Waals surface area contributed by atoms with Crippen LogP contribution < -0.4 is 14.8 Å². The normalized spacial score (nSPS) is 29.8. The molecule has 2 aromatic rings. The van der Waals surface area contributed by atoms with Crippen molar-refractivity contribution in [3.05, 3.63) is 59.2 Å². The molecule has 0 unspecified atom stereocenters. The Labute approximate surface area is 174 Å². The van der Waals surface area contributed by atoms with Gasteiger partial charge in [0.05, 0.1) is 7.11 Å². The van der Waals surface area contributed by atoms with E-state index in [0.717, 1.165) is 41.7 Å². The fourth-order valence-corrected chi connectivity index (χ4v) is 6.40. The van der Waals surface area contributed by atoms with E-state index in [9.17, 15) is 0 Å². The SMILES string of the molecule is COc1cc(CNC2C3CC4CC(C3)CC2C4)ccc1OCc1cccc(C)c1. The first kappa shape index (κ1) is 19.0. The van der Waals surface area contributed by atoms with E-state index < -0.39 is 0 Å². The molecule has 0 atom stereocenters. The van der Waals surface area contributed by atoms with Crippen LogP contribution in [0, 0.1) is 30.6 Å². The Hall–Kier alpha value is -2.00. The summed E-state index contributed by atoms with van der Waals surface area (Å²) in [5.41, 5.74) is 3.71. The van der Waals surface area contributed by atoms with Crippen LogP contribution in [0.3, 0.4) is 0 Å².